The molecular formula is C27H29ClF4N2O3. The average molecular weight is 541 g/mol. The Balaban J connectivity index is 1.33. The molecule has 10 heteroatoms. The van der Waals surface area contributed by atoms with E-state index in [2.05, 4.69) is 9.88 Å². The van der Waals surface area contributed by atoms with Gasteiger partial charge in [-0.2, -0.15) is 4.39 Å². The van der Waals surface area contributed by atoms with Gasteiger partial charge in [-0.15, -0.1) is 0 Å². The van der Waals surface area contributed by atoms with Crippen LogP contribution in [-0.2, 0) is 0 Å². The molecule has 2 heterocycles. The van der Waals surface area contributed by atoms with E-state index in [0.717, 1.165) is 6.07 Å². The average Bonchev–Trinajstić information content (AvgIpc) is 2.90. The Labute approximate surface area is 218 Å². The van der Waals surface area contributed by atoms with Crippen LogP contribution in [0.5, 0.6) is 11.5 Å². The van der Waals surface area contributed by atoms with Crippen molar-refractivity contribution in [2.24, 2.45) is 5.41 Å². The number of fused-ring (bicyclic) bond motifs is 1. The molecule has 0 spiro atoms. The van der Waals surface area contributed by atoms with Gasteiger partial charge in [0.1, 0.15) is 24.3 Å². The zero-order valence-corrected chi connectivity index (χ0v) is 21.2. The molecule has 1 aromatic heterocycles. The van der Waals surface area contributed by atoms with Crippen molar-refractivity contribution in [3.05, 3.63) is 64.6 Å². The van der Waals surface area contributed by atoms with Crippen LogP contribution in [-0.4, -0.2) is 54.9 Å². The smallest absolute Gasteiger partial charge is 0.200 e. The van der Waals surface area contributed by atoms with Crippen LogP contribution in [0.1, 0.15) is 37.4 Å². The predicted molar refractivity (Wildman–Crippen MR) is 133 cm³/mol. The molecule has 1 aliphatic heterocycles. The highest BCUT2D eigenvalue weighted by molar-refractivity contribution is 6.32. The SMILES string of the molecule is COc1ccc2ncc(Cl)c(C(F)CCC3(CO)CCN(CCOc4cc(F)cc(F)c4F)CC3)c2c1. The maximum atomic E-state index is 15.6. The van der Waals surface area contributed by atoms with Crippen LogP contribution in [0, 0.1) is 22.9 Å². The molecule has 1 N–H and O–H groups in total. The van der Waals surface area contributed by atoms with E-state index in [-0.39, 0.29) is 24.7 Å². The highest BCUT2D eigenvalue weighted by Gasteiger charge is 2.35. The Kier molecular flexibility index (Phi) is 8.77. The summed E-state index contributed by atoms with van der Waals surface area (Å²) in [6.45, 7) is 1.64. The second-order valence-electron chi connectivity index (χ2n) is 9.46. The number of piperidine rings is 1. The lowest BCUT2D eigenvalue weighted by atomic mass is 9.74. The van der Waals surface area contributed by atoms with Gasteiger partial charge in [-0.3, -0.25) is 9.88 Å². The first-order valence-corrected chi connectivity index (χ1v) is 12.5. The van der Waals surface area contributed by atoms with Crippen molar-refractivity contribution in [3.63, 3.8) is 0 Å². The normalized spacial score (nSPS) is 16.6. The zero-order chi connectivity index (χ0) is 26.6. The van der Waals surface area contributed by atoms with Crippen LogP contribution in [0.3, 0.4) is 0 Å². The molecular weight excluding hydrogens is 512 g/mol. The van der Waals surface area contributed by atoms with Crippen molar-refractivity contribution in [1.82, 2.24) is 9.88 Å². The maximum Gasteiger partial charge on any atom is 0.200 e. The molecule has 1 fully saturated rings. The minimum absolute atomic E-state index is 0.0512. The van der Waals surface area contributed by atoms with Gasteiger partial charge >= 0.3 is 0 Å². The van der Waals surface area contributed by atoms with E-state index in [1.807, 2.05) is 0 Å². The van der Waals surface area contributed by atoms with Crippen LogP contribution in [0.4, 0.5) is 17.6 Å². The first-order chi connectivity index (χ1) is 17.7. The third kappa shape index (κ3) is 6.27. The minimum atomic E-state index is -1.35. The monoisotopic (exact) mass is 540 g/mol. The summed E-state index contributed by atoms with van der Waals surface area (Å²) < 4.78 is 66.5. The Morgan fingerprint density at radius 3 is 2.62 bits per heavy atom. The number of ether oxygens (including phenoxy) is 2. The van der Waals surface area contributed by atoms with Gasteiger partial charge in [0, 0.05) is 42.4 Å². The van der Waals surface area contributed by atoms with E-state index in [1.165, 1.54) is 13.3 Å². The fraction of sp³-hybridized carbons (Fsp3) is 0.444. The number of aromatic nitrogens is 1. The highest BCUT2D eigenvalue weighted by Crippen LogP contribution is 2.41. The summed E-state index contributed by atoms with van der Waals surface area (Å²) in [5, 5.41) is 11.0. The molecule has 0 amide bonds. The van der Waals surface area contributed by atoms with Crippen molar-refractivity contribution < 1.29 is 32.1 Å². The van der Waals surface area contributed by atoms with Gasteiger partial charge < -0.3 is 14.6 Å². The fourth-order valence-corrected chi connectivity index (χ4v) is 5.12. The molecule has 2 aromatic carbocycles. The Hall–Kier alpha value is -2.62. The van der Waals surface area contributed by atoms with Gasteiger partial charge in [-0.1, -0.05) is 11.6 Å². The number of benzene rings is 2. The van der Waals surface area contributed by atoms with E-state index >= 15 is 4.39 Å². The molecule has 0 aliphatic carbocycles. The van der Waals surface area contributed by atoms with Crippen LogP contribution >= 0.6 is 11.6 Å². The third-order valence-electron chi connectivity index (χ3n) is 7.19. The Morgan fingerprint density at radius 2 is 1.92 bits per heavy atom. The third-order valence-corrected chi connectivity index (χ3v) is 7.49. The van der Waals surface area contributed by atoms with Crippen LogP contribution in [0.15, 0.2) is 36.5 Å². The number of aliphatic hydroxyl groups excluding tert-OH is 1. The van der Waals surface area contributed by atoms with Gasteiger partial charge in [0.2, 0.25) is 5.82 Å². The van der Waals surface area contributed by atoms with Crippen molar-refractivity contribution in [3.8, 4) is 11.5 Å². The van der Waals surface area contributed by atoms with Gasteiger partial charge in [0.25, 0.3) is 0 Å². The van der Waals surface area contributed by atoms with E-state index in [4.69, 9.17) is 21.1 Å². The summed E-state index contributed by atoms with van der Waals surface area (Å²) in [4.78, 5) is 6.34. The number of pyridine rings is 1. The molecule has 0 radical (unpaired) electrons. The van der Waals surface area contributed by atoms with Gasteiger partial charge in [0.15, 0.2) is 11.6 Å². The predicted octanol–water partition coefficient (Wildman–Crippen LogP) is 6.26. The molecule has 3 aromatic rings. The van der Waals surface area contributed by atoms with Gasteiger partial charge in [0.05, 0.1) is 17.6 Å². The largest absolute Gasteiger partial charge is 0.497 e. The number of hydrogen-bond donors (Lipinski definition) is 1. The summed E-state index contributed by atoms with van der Waals surface area (Å²) in [6, 6.07) is 6.52. The zero-order valence-electron chi connectivity index (χ0n) is 20.5. The van der Waals surface area contributed by atoms with E-state index in [0.29, 0.717) is 67.2 Å². The fourth-order valence-electron chi connectivity index (χ4n) is 4.85. The number of rotatable bonds is 10. The lowest BCUT2D eigenvalue weighted by Gasteiger charge is -2.41. The first-order valence-electron chi connectivity index (χ1n) is 12.1. The molecule has 200 valence electrons. The number of nitrogens with zero attached hydrogens (tertiary/aromatic N) is 2. The molecule has 5 nitrogen and oxygen atoms in total. The van der Waals surface area contributed by atoms with Crippen molar-refractivity contribution in [1.29, 1.82) is 0 Å². The number of alkyl halides is 1. The van der Waals surface area contributed by atoms with Crippen molar-refractivity contribution in [2.75, 3.05) is 40.0 Å². The number of aliphatic hydroxyl groups is 1. The molecule has 1 atom stereocenters. The summed E-state index contributed by atoms with van der Waals surface area (Å²) in [5.74, 6) is -3.31. The second-order valence-corrected chi connectivity index (χ2v) is 9.86. The number of likely N-dealkylation sites (tertiary alicyclic amines) is 1. The van der Waals surface area contributed by atoms with Crippen LogP contribution in [0.25, 0.3) is 10.9 Å². The molecule has 0 saturated carbocycles. The maximum absolute atomic E-state index is 15.6. The molecule has 37 heavy (non-hydrogen) atoms. The lowest BCUT2D eigenvalue weighted by Crippen LogP contribution is -2.43. The minimum Gasteiger partial charge on any atom is -0.497 e. The number of methoxy groups -OCH3 is 1. The van der Waals surface area contributed by atoms with E-state index in [1.54, 1.807) is 18.2 Å². The molecule has 1 saturated heterocycles. The molecule has 1 aliphatic rings. The van der Waals surface area contributed by atoms with Crippen LogP contribution < -0.4 is 9.47 Å². The first kappa shape index (κ1) is 27.4. The number of halogens is 5. The van der Waals surface area contributed by atoms with Gasteiger partial charge in [-0.25, -0.2) is 13.2 Å². The molecule has 0 bridgehead atoms. The standard InChI is InChI=1S/C27H29ClF4N2O3/c1-36-18-2-3-23-19(14-18)25(20(28)15-33-23)21(30)4-5-27(16-35)6-8-34(9-7-27)10-11-37-24-13-17(29)12-22(31)26(24)32/h2-3,12-15,21,35H,4-11,16H2,1H3. The lowest BCUT2D eigenvalue weighted by molar-refractivity contribution is 0.0264. The summed E-state index contributed by atoms with van der Waals surface area (Å²) in [5.41, 5.74) is 0.553. The summed E-state index contributed by atoms with van der Waals surface area (Å²) >= 11 is 6.35. The van der Waals surface area contributed by atoms with Crippen molar-refractivity contribution in [2.45, 2.75) is 31.9 Å². The topological polar surface area (TPSA) is 54.8 Å². The Morgan fingerprint density at radius 1 is 1.16 bits per heavy atom. The molecule has 1 unspecified atom stereocenters. The summed E-state index contributed by atoms with van der Waals surface area (Å²) in [7, 11) is 1.54. The van der Waals surface area contributed by atoms with E-state index < -0.39 is 34.8 Å². The molecule has 4 rings (SSSR count). The van der Waals surface area contributed by atoms with Crippen LogP contribution in [0.2, 0.25) is 5.02 Å². The quantitative estimate of drug-likeness (QED) is 0.243. The highest BCUT2D eigenvalue weighted by atomic mass is 35.5. The number of hydrogen-bond acceptors (Lipinski definition) is 5. The van der Waals surface area contributed by atoms with E-state index in [9.17, 15) is 18.3 Å². The Bertz CT molecular complexity index is 1240. The summed E-state index contributed by atoms with van der Waals surface area (Å²) in [6.07, 6.45) is 2.03. The second kappa shape index (κ2) is 11.8. The van der Waals surface area contributed by atoms with Crippen molar-refractivity contribution >= 4 is 22.5 Å². The van der Waals surface area contributed by atoms with Gasteiger partial charge in [-0.05, 0) is 62.4 Å².